The number of hydrogen-bond acceptors (Lipinski definition) is 5. The van der Waals surface area contributed by atoms with E-state index in [0.717, 1.165) is 21.5 Å². The summed E-state index contributed by atoms with van der Waals surface area (Å²) in [6.07, 6.45) is 1.69. The zero-order valence-electron chi connectivity index (χ0n) is 21.0. The predicted octanol–water partition coefficient (Wildman–Crippen LogP) is 3.68. The summed E-state index contributed by atoms with van der Waals surface area (Å²) >= 11 is 0. The molecule has 1 heterocycles. The molecule has 0 unspecified atom stereocenters. The van der Waals surface area contributed by atoms with Crippen LogP contribution in [0.15, 0.2) is 77.7 Å². The molecule has 3 aromatic carbocycles. The van der Waals surface area contributed by atoms with E-state index in [1.807, 2.05) is 0 Å². The van der Waals surface area contributed by atoms with Gasteiger partial charge in [0.2, 0.25) is 10.0 Å². The van der Waals surface area contributed by atoms with Crippen LogP contribution in [0.4, 0.5) is 15.8 Å². The van der Waals surface area contributed by atoms with Gasteiger partial charge in [0.05, 0.1) is 17.1 Å². The van der Waals surface area contributed by atoms with Crippen LogP contribution in [0.3, 0.4) is 0 Å². The maximum absolute atomic E-state index is 14.5. The maximum Gasteiger partial charge on any atom is 0.303 e. The minimum Gasteiger partial charge on any atom is -0.322 e. The van der Waals surface area contributed by atoms with Crippen molar-refractivity contribution in [2.75, 3.05) is 36.8 Å². The van der Waals surface area contributed by atoms with Crippen molar-refractivity contribution in [2.24, 2.45) is 0 Å². The molecule has 0 bridgehead atoms. The lowest BCUT2D eigenvalue weighted by molar-refractivity contribution is 0.102. The summed E-state index contributed by atoms with van der Waals surface area (Å²) in [4.78, 5) is 12.9. The summed E-state index contributed by atoms with van der Waals surface area (Å²) in [5.41, 5.74) is 1.21. The van der Waals surface area contributed by atoms with Gasteiger partial charge in [0.15, 0.2) is 0 Å². The average molecular weight is 561 g/mol. The van der Waals surface area contributed by atoms with Gasteiger partial charge in [-0.1, -0.05) is 24.3 Å². The topological polar surface area (TPSA) is 107 Å². The minimum atomic E-state index is -4.00. The monoisotopic (exact) mass is 560 g/mol. The molecular weight excluding hydrogens is 531 g/mol. The third-order valence-corrected chi connectivity index (χ3v) is 9.94. The number of hydrogen-bond donors (Lipinski definition) is 1. The van der Waals surface area contributed by atoms with Crippen molar-refractivity contribution in [1.29, 1.82) is 0 Å². The number of sulfonamides is 1. The fourth-order valence-electron chi connectivity index (χ4n) is 4.06. The molecule has 0 atom stereocenters. The number of carbonyl (C=O) groups excluding carboxylic acids is 1. The first-order valence-electron chi connectivity index (χ1n) is 12.0. The number of anilines is 2. The van der Waals surface area contributed by atoms with Gasteiger partial charge in [-0.15, -0.1) is 0 Å². The highest BCUT2D eigenvalue weighted by molar-refractivity contribution is 7.90. The van der Waals surface area contributed by atoms with Crippen molar-refractivity contribution in [3.8, 4) is 0 Å². The number of nitrogens with zero attached hydrogens (tertiary/aromatic N) is 3. The summed E-state index contributed by atoms with van der Waals surface area (Å²) in [6, 6.07) is 17.9. The Kier molecular flexibility index (Phi) is 8.16. The second kappa shape index (κ2) is 11.2. The Hall–Kier alpha value is -3.32. The highest BCUT2D eigenvalue weighted by Gasteiger charge is 2.28. The number of halogens is 1. The Morgan fingerprint density at radius 3 is 2.08 bits per heavy atom. The smallest absolute Gasteiger partial charge is 0.303 e. The molecular formula is C26H29FN4O5S2. The normalized spacial score (nSPS) is 14.5. The molecule has 0 aliphatic carbocycles. The second-order valence-corrected chi connectivity index (χ2v) is 13.0. The number of benzene rings is 3. The van der Waals surface area contributed by atoms with Gasteiger partial charge in [0.25, 0.3) is 5.91 Å². The van der Waals surface area contributed by atoms with Crippen LogP contribution in [0.25, 0.3) is 0 Å². The van der Waals surface area contributed by atoms with E-state index in [2.05, 4.69) is 5.32 Å². The first kappa shape index (κ1) is 27.7. The van der Waals surface area contributed by atoms with E-state index >= 15 is 0 Å². The highest BCUT2D eigenvalue weighted by Crippen LogP contribution is 2.26. The Bertz CT molecular complexity index is 1500. The van der Waals surface area contributed by atoms with Crippen molar-refractivity contribution in [3.05, 3.63) is 89.7 Å². The van der Waals surface area contributed by atoms with E-state index in [4.69, 9.17) is 0 Å². The fourth-order valence-corrected chi connectivity index (χ4v) is 6.68. The van der Waals surface area contributed by atoms with Crippen LogP contribution in [0.1, 0.15) is 28.8 Å². The van der Waals surface area contributed by atoms with Gasteiger partial charge in [-0.05, 0) is 66.9 Å². The van der Waals surface area contributed by atoms with Crippen LogP contribution < -0.4 is 9.62 Å². The van der Waals surface area contributed by atoms with E-state index in [1.165, 1.54) is 60.9 Å². The third kappa shape index (κ3) is 5.88. The Morgan fingerprint density at radius 1 is 0.895 bits per heavy atom. The molecule has 0 spiro atoms. The Labute approximate surface area is 222 Å². The van der Waals surface area contributed by atoms with Crippen molar-refractivity contribution in [2.45, 2.75) is 24.3 Å². The van der Waals surface area contributed by atoms with E-state index in [1.54, 1.807) is 30.3 Å². The molecule has 1 aliphatic heterocycles. The lowest BCUT2D eigenvalue weighted by Gasteiger charge is -2.27. The molecule has 0 saturated carbocycles. The fraction of sp³-hybridized carbons (Fsp3) is 0.269. The van der Waals surface area contributed by atoms with E-state index in [9.17, 15) is 26.0 Å². The van der Waals surface area contributed by atoms with Crippen LogP contribution in [0, 0.1) is 5.82 Å². The van der Waals surface area contributed by atoms with Crippen molar-refractivity contribution >= 4 is 37.5 Å². The number of carbonyl (C=O) groups is 1. The van der Waals surface area contributed by atoms with Crippen molar-refractivity contribution in [1.82, 2.24) is 8.61 Å². The molecule has 1 aliphatic rings. The summed E-state index contributed by atoms with van der Waals surface area (Å²) in [7, 11) is -4.81. The van der Waals surface area contributed by atoms with Crippen molar-refractivity contribution < 1.29 is 26.0 Å². The van der Waals surface area contributed by atoms with Gasteiger partial charge in [0.1, 0.15) is 5.82 Å². The number of rotatable bonds is 9. The van der Waals surface area contributed by atoms with Crippen LogP contribution >= 0.6 is 0 Å². The molecule has 9 nitrogen and oxygen atoms in total. The lowest BCUT2D eigenvalue weighted by Crippen LogP contribution is -2.40. The Morgan fingerprint density at radius 2 is 1.50 bits per heavy atom. The lowest BCUT2D eigenvalue weighted by atomic mass is 10.1. The van der Waals surface area contributed by atoms with Gasteiger partial charge < -0.3 is 5.32 Å². The first-order chi connectivity index (χ1) is 18.0. The van der Waals surface area contributed by atoms with Gasteiger partial charge in [-0.3, -0.25) is 9.10 Å². The molecule has 38 heavy (non-hydrogen) atoms. The van der Waals surface area contributed by atoms with E-state index in [-0.39, 0.29) is 17.1 Å². The molecule has 12 heteroatoms. The zero-order chi connectivity index (χ0) is 27.5. The Balaban J connectivity index is 1.47. The maximum atomic E-state index is 14.5. The van der Waals surface area contributed by atoms with Gasteiger partial charge in [0, 0.05) is 38.4 Å². The summed E-state index contributed by atoms with van der Waals surface area (Å²) in [5.74, 6) is -1.09. The zero-order valence-corrected chi connectivity index (χ0v) is 22.7. The molecule has 3 aromatic rings. The summed E-state index contributed by atoms with van der Waals surface area (Å²) in [6.45, 7) is 0.877. The second-order valence-electron chi connectivity index (χ2n) is 9.03. The van der Waals surface area contributed by atoms with Crippen LogP contribution in [0.5, 0.6) is 0 Å². The van der Waals surface area contributed by atoms with Gasteiger partial charge in [-0.25, -0.2) is 12.8 Å². The third-order valence-electron chi connectivity index (χ3n) is 6.22. The molecule has 1 saturated heterocycles. The summed E-state index contributed by atoms with van der Waals surface area (Å²) < 4.78 is 69.1. The molecule has 0 aromatic heterocycles. The average Bonchev–Trinajstić information content (AvgIpc) is 3.44. The largest absolute Gasteiger partial charge is 0.322 e. The molecule has 1 amide bonds. The molecule has 0 radical (unpaired) electrons. The highest BCUT2D eigenvalue weighted by atomic mass is 32.2. The molecule has 4 rings (SSSR count). The SMILES string of the molecule is CN(C)S(=O)(=O)N(Cc1ccc(C(=O)Nc2ccc(S(=O)(=O)N3CCCC3)cc2)cc1)c1ccccc1F. The first-order valence-corrected chi connectivity index (χ1v) is 14.8. The van der Waals surface area contributed by atoms with Crippen LogP contribution in [-0.2, 0) is 26.8 Å². The quantitative estimate of drug-likeness (QED) is 0.430. The molecule has 1 fully saturated rings. The standard InChI is InChI=1S/C26H29FN4O5S2/c1-29(2)38(35,36)31(25-8-4-3-7-24(25)27)19-20-9-11-21(12-10-20)26(32)28-22-13-15-23(16-14-22)37(33,34)30-17-5-6-18-30/h3-4,7-16H,5-6,17-19H2,1-2H3,(H,28,32). The van der Waals surface area contributed by atoms with E-state index in [0.29, 0.717) is 29.9 Å². The number of para-hydroxylation sites is 1. The van der Waals surface area contributed by atoms with E-state index < -0.39 is 32.0 Å². The summed E-state index contributed by atoms with van der Waals surface area (Å²) in [5, 5.41) is 2.73. The minimum absolute atomic E-state index is 0.0850. The number of amides is 1. The van der Waals surface area contributed by atoms with Crippen molar-refractivity contribution in [3.63, 3.8) is 0 Å². The van der Waals surface area contributed by atoms with Gasteiger partial charge in [-0.2, -0.15) is 17.0 Å². The molecule has 1 N–H and O–H groups in total. The number of nitrogens with one attached hydrogen (secondary N) is 1. The predicted molar refractivity (Wildman–Crippen MR) is 144 cm³/mol. The van der Waals surface area contributed by atoms with Gasteiger partial charge >= 0.3 is 10.2 Å². The van der Waals surface area contributed by atoms with Crippen LogP contribution in [-0.4, -0.2) is 58.5 Å². The molecule has 202 valence electrons. The van der Waals surface area contributed by atoms with Crippen LogP contribution in [0.2, 0.25) is 0 Å².